The van der Waals surface area contributed by atoms with Crippen LogP contribution in [-0.2, 0) is 23.2 Å². The molecule has 27 heavy (non-hydrogen) atoms. The molecular weight excluding hydrogens is 343 g/mol. The van der Waals surface area contributed by atoms with Crippen molar-refractivity contribution in [1.29, 1.82) is 0 Å². The molecule has 1 saturated carbocycles. The van der Waals surface area contributed by atoms with Crippen LogP contribution in [0.2, 0.25) is 0 Å². The maximum absolute atomic E-state index is 13.6. The highest BCUT2D eigenvalue weighted by atomic mass is 19.1. The van der Waals surface area contributed by atoms with Crippen LogP contribution in [0.5, 0.6) is 0 Å². The fourth-order valence-corrected chi connectivity index (χ4v) is 3.55. The van der Waals surface area contributed by atoms with E-state index >= 15 is 0 Å². The summed E-state index contributed by atoms with van der Waals surface area (Å²) in [5, 5.41) is 7.36. The molecule has 5 nitrogen and oxygen atoms in total. The van der Waals surface area contributed by atoms with E-state index in [1.165, 1.54) is 17.7 Å². The van der Waals surface area contributed by atoms with Gasteiger partial charge in [-0.05, 0) is 54.7 Å². The first-order valence-corrected chi connectivity index (χ1v) is 9.16. The molecule has 0 atom stereocenters. The zero-order valence-corrected chi connectivity index (χ0v) is 14.9. The van der Waals surface area contributed by atoms with E-state index < -0.39 is 5.41 Å². The summed E-state index contributed by atoms with van der Waals surface area (Å²) >= 11 is 0. The number of pyridine rings is 1. The molecule has 0 spiro atoms. The number of aryl methyl sites for hydroxylation is 2. The Labute approximate surface area is 157 Å². The summed E-state index contributed by atoms with van der Waals surface area (Å²) in [6, 6.07) is 12.1. The van der Waals surface area contributed by atoms with Gasteiger partial charge in [-0.15, -0.1) is 0 Å². The van der Waals surface area contributed by atoms with Crippen molar-refractivity contribution in [2.45, 2.75) is 37.6 Å². The van der Waals surface area contributed by atoms with Crippen molar-refractivity contribution in [3.8, 4) is 0 Å². The summed E-state index contributed by atoms with van der Waals surface area (Å²) in [5.41, 5.74) is 1.28. The fourth-order valence-electron chi connectivity index (χ4n) is 3.55. The fraction of sp³-hybridized carbons (Fsp3) is 0.286. The summed E-state index contributed by atoms with van der Waals surface area (Å²) in [5.74, 6) is 0.100. The standard InChI is InChI=1S/C21H21FN4O/c22-18-4-1-3-17(15-18)21(9-2-10-21)20(27)24-19-8-14-26(25-19)13-7-16-5-11-23-12-6-16/h1,3-6,8,11-12,14-15H,2,7,9-10,13H2,(H,24,25,27). The van der Waals surface area contributed by atoms with E-state index in [2.05, 4.69) is 15.4 Å². The topological polar surface area (TPSA) is 59.8 Å². The van der Waals surface area contributed by atoms with Crippen molar-refractivity contribution in [3.63, 3.8) is 0 Å². The van der Waals surface area contributed by atoms with E-state index in [9.17, 15) is 9.18 Å². The Bertz CT molecular complexity index is 934. The molecule has 1 fully saturated rings. The SMILES string of the molecule is O=C(Nc1ccn(CCc2ccncc2)n1)C1(c2cccc(F)c2)CCC1. The van der Waals surface area contributed by atoms with Crippen LogP contribution in [0, 0.1) is 5.82 Å². The maximum atomic E-state index is 13.6. The van der Waals surface area contributed by atoms with Gasteiger partial charge in [-0.2, -0.15) is 5.10 Å². The Morgan fingerprint density at radius 1 is 1.19 bits per heavy atom. The van der Waals surface area contributed by atoms with Crippen molar-refractivity contribution in [3.05, 3.63) is 78.0 Å². The van der Waals surface area contributed by atoms with Gasteiger partial charge in [0, 0.05) is 31.2 Å². The molecule has 0 saturated heterocycles. The molecule has 4 rings (SSSR count). The van der Waals surface area contributed by atoms with E-state index in [1.54, 1.807) is 24.5 Å². The second kappa shape index (κ2) is 7.31. The molecule has 2 aromatic heterocycles. The van der Waals surface area contributed by atoms with E-state index in [-0.39, 0.29) is 11.7 Å². The molecule has 0 unspecified atom stereocenters. The highest BCUT2D eigenvalue weighted by molar-refractivity contribution is 5.99. The number of rotatable bonds is 6. The monoisotopic (exact) mass is 364 g/mol. The van der Waals surface area contributed by atoms with Crippen LogP contribution in [0.15, 0.2) is 61.1 Å². The number of benzene rings is 1. The van der Waals surface area contributed by atoms with Crippen LogP contribution in [0.4, 0.5) is 10.2 Å². The van der Waals surface area contributed by atoms with Gasteiger partial charge in [-0.3, -0.25) is 14.5 Å². The molecule has 0 aliphatic heterocycles. The van der Waals surface area contributed by atoms with Crippen molar-refractivity contribution < 1.29 is 9.18 Å². The summed E-state index contributed by atoms with van der Waals surface area (Å²) < 4.78 is 15.4. The Kier molecular flexibility index (Phi) is 4.71. The number of hydrogen-bond acceptors (Lipinski definition) is 3. The summed E-state index contributed by atoms with van der Waals surface area (Å²) in [6.07, 6.45) is 8.65. The predicted octanol–water partition coefficient (Wildman–Crippen LogP) is 3.72. The van der Waals surface area contributed by atoms with Gasteiger partial charge in [0.15, 0.2) is 5.82 Å². The average Bonchev–Trinajstić information content (AvgIpc) is 3.07. The highest BCUT2D eigenvalue weighted by Gasteiger charge is 2.45. The lowest BCUT2D eigenvalue weighted by Gasteiger charge is -2.40. The number of hydrogen-bond donors (Lipinski definition) is 1. The summed E-state index contributed by atoms with van der Waals surface area (Å²) in [6.45, 7) is 0.717. The van der Waals surface area contributed by atoms with Crippen LogP contribution in [0.25, 0.3) is 0 Å². The van der Waals surface area contributed by atoms with Gasteiger partial charge in [-0.25, -0.2) is 4.39 Å². The number of nitrogens with one attached hydrogen (secondary N) is 1. The lowest BCUT2D eigenvalue weighted by atomic mass is 9.64. The largest absolute Gasteiger partial charge is 0.308 e. The molecule has 1 aliphatic rings. The molecule has 0 radical (unpaired) electrons. The molecule has 0 bridgehead atoms. The first-order valence-electron chi connectivity index (χ1n) is 9.16. The van der Waals surface area contributed by atoms with Gasteiger partial charge >= 0.3 is 0 Å². The van der Waals surface area contributed by atoms with Crippen molar-refractivity contribution in [1.82, 2.24) is 14.8 Å². The Hall–Kier alpha value is -3.02. The van der Waals surface area contributed by atoms with Gasteiger partial charge in [0.1, 0.15) is 5.82 Å². The third-order valence-electron chi connectivity index (χ3n) is 5.28. The minimum absolute atomic E-state index is 0.112. The number of anilines is 1. The van der Waals surface area contributed by atoms with Crippen LogP contribution >= 0.6 is 0 Å². The average molecular weight is 364 g/mol. The lowest BCUT2D eigenvalue weighted by Crippen LogP contribution is -2.46. The third-order valence-corrected chi connectivity index (χ3v) is 5.28. The molecular formula is C21H21FN4O. The molecule has 1 aliphatic carbocycles. The number of halogens is 1. The van der Waals surface area contributed by atoms with Crippen molar-refractivity contribution in [2.75, 3.05) is 5.32 Å². The summed E-state index contributed by atoms with van der Waals surface area (Å²) in [7, 11) is 0. The molecule has 2 heterocycles. The number of nitrogens with zero attached hydrogens (tertiary/aromatic N) is 3. The smallest absolute Gasteiger partial charge is 0.236 e. The van der Waals surface area contributed by atoms with Crippen molar-refractivity contribution in [2.24, 2.45) is 0 Å². The zero-order chi connectivity index (χ0) is 18.7. The molecule has 3 aromatic rings. The van der Waals surface area contributed by atoms with Gasteiger partial charge in [0.25, 0.3) is 0 Å². The molecule has 6 heteroatoms. The van der Waals surface area contributed by atoms with E-state index in [4.69, 9.17) is 0 Å². The highest BCUT2D eigenvalue weighted by Crippen LogP contribution is 2.44. The molecule has 1 N–H and O–H groups in total. The second-order valence-electron chi connectivity index (χ2n) is 6.97. The van der Waals surface area contributed by atoms with Crippen LogP contribution in [0.3, 0.4) is 0 Å². The Morgan fingerprint density at radius 3 is 2.70 bits per heavy atom. The summed E-state index contributed by atoms with van der Waals surface area (Å²) in [4.78, 5) is 16.9. The number of amides is 1. The normalized spacial score (nSPS) is 15.1. The molecule has 1 amide bonds. The van der Waals surface area contributed by atoms with E-state index in [0.29, 0.717) is 5.82 Å². The van der Waals surface area contributed by atoms with Gasteiger partial charge in [-0.1, -0.05) is 18.6 Å². The third kappa shape index (κ3) is 3.60. The van der Waals surface area contributed by atoms with Crippen molar-refractivity contribution >= 4 is 11.7 Å². The Morgan fingerprint density at radius 2 is 2.00 bits per heavy atom. The van der Waals surface area contributed by atoms with Crippen LogP contribution in [0.1, 0.15) is 30.4 Å². The van der Waals surface area contributed by atoms with Crippen LogP contribution < -0.4 is 5.32 Å². The number of carbonyl (C=O) groups excluding carboxylic acids is 1. The molecule has 1 aromatic carbocycles. The second-order valence-corrected chi connectivity index (χ2v) is 6.97. The van der Waals surface area contributed by atoms with Gasteiger partial charge in [0.05, 0.1) is 5.41 Å². The van der Waals surface area contributed by atoms with E-state index in [1.807, 2.05) is 29.1 Å². The van der Waals surface area contributed by atoms with Gasteiger partial charge in [0.2, 0.25) is 5.91 Å². The number of aromatic nitrogens is 3. The van der Waals surface area contributed by atoms with Gasteiger partial charge < -0.3 is 5.32 Å². The Balaban J connectivity index is 1.43. The molecule has 138 valence electrons. The number of carbonyl (C=O) groups is 1. The lowest BCUT2D eigenvalue weighted by molar-refractivity contribution is -0.124. The first-order chi connectivity index (χ1) is 13.2. The maximum Gasteiger partial charge on any atom is 0.236 e. The van der Waals surface area contributed by atoms with Crippen LogP contribution in [-0.4, -0.2) is 20.7 Å². The van der Waals surface area contributed by atoms with E-state index in [0.717, 1.165) is 37.8 Å². The zero-order valence-electron chi connectivity index (χ0n) is 14.9. The first kappa shape index (κ1) is 17.4. The minimum atomic E-state index is -0.650. The predicted molar refractivity (Wildman–Crippen MR) is 101 cm³/mol. The minimum Gasteiger partial charge on any atom is -0.308 e. The quantitative estimate of drug-likeness (QED) is 0.725.